The number of aromatic nitrogens is 2. The number of nitrogens with two attached hydrogens (primary N) is 1. The minimum atomic E-state index is -0.691. The molecule has 5 nitrogen and oxygen atoms in total. The van der Waals surface area contributed by atoms with Gasteiger partial charge in [-0.3, -0.25) is 9.36 Å². The quantitative estimate of drug-likeness (QED) is 0.178. The molecule has 0 aliphatic carbocycles. The molecule has 0 saturated heterocycles. The lowest BCUT2D eigenvalue weighted by Gasteiger charge is -2.16. The standard InChI is InChI=1S/C20H12Cl2F2N4OS/c21-13-2-1-3-16(17(13)24)28-18(11-4-5-15(23)14(22)8-11)20(27(25)10-29)26-19(28)12-6-7-30-9-12/h1-10H,25H2. The molecule has 4 rings (SSSR count). The molecule has 0 saturated carbocycles. The Kier molecular flexibility index (Phi) is 5.57. The SMILES string of the molecule is NN(C=O)c1nc(-c2ccsc2)n(-c2cccc(Cl)c2F)c1-c1ccc(F)c(Cl)c1. The van der Waals surface area contributed by atoms with Crippen molar-refractivity contribution in [3.8, 4) is 28.3 Å². The summed E-state index contributed by atoms with van der Waals surface area (Å²) in [6.45, 7) is 0. The van der Waals surface area contributed by atoms with Crippen molar-refractivity contribution < 1.29 is 13.6 Å². The van der Waals surface area contributed by atoms with Gasteiger partial charge in [-0.05, 0) is 41.8 Å². The summed E-state index contributed by atoms with van der Waals surface area (Å²) in [7, 11) is 0. The predicted molar refractivity (Wildman–Crippen MR) is 115 cm³/mol. The molecule has 0 aliphatic rings. The summed E-state index contributed by atoms with van der Waals surface area (Å²) in [4.78, 5) is 15.9. The molecular weight excluding hydrogens is 453 g/mol. The molecule has 0 fully saturated rings. The Morgan fingerprint density at radius 1 is 1.10 bits per heavy atom. The summed E-state index contributed by atoms with van der Waals surface area (Å²) in [6, 6.07) is 10.3. The average Bonchev–Trinajstić information content (AvgIpc) is 3.39. The maximum absolute atomic E-state index is 15.1. The van der Waals surface area contributed by atoms with Crippen molar-refractivity contribution in [3.63, 3.8) is 0 Å². The Hall–Kier alpha value is -2.78. The third kappa shape index (κ3) is 3.48. The molecule has 0 spiro atoms. The average molecular weight is 465 g/mol. The Balaban J connectivity index is 2.14. The Morgan fingerprint density at radius 2 is 1.90 bits per heavy atom. The van der Waals surface area contributed by atoms with Gasteiger partial charge >= 0.3 is 0 Å². The van der Waals surface area contributed by atoms with Gasteiger partial charge in [-0.2, -0.15) is 11.3 Å². The van der Waals surface area contributed by atoms with Gasteiger partial charge in [0.15, 0.2) is 11.6 Å². The first-order valence-electron chi connectivity index (χ1n) is 8.46. The van der Waals surface area contributed by atoms with E-state index in [4.69, 9.17) is 29.0 Å². The van der Waals surface area contributed by atoms with E-state index < -0.39 is 11.6 Å². The van der Waals surface area contributed by atoms with Gasteiger partial charge in [0.05, 0.1) is 21.4 Å². The number of anilines is 1. The molecule has 0 unspecified atom stereocenters. The van der Waals surface area contributed by atoms with Crippen LogP contribution in [0.1, 0.15) is 0 Å². The fourth-order valence-electron chi connectivity index (χ4n) is 3.03. The highest BCUT2D eigenvalue weighted by atomic mass is 35.5. The molecule has 1 amide bonds. The third-order valence-electron chi connectivity index (χ3n) is 4.36. The van der Waals surface area contributed by atoms with Crippen molar-refractivity contribution in [3.05, 3.63) is 74.9 Å². The van der Waals surface area contributed by atoms with Crippen LogP contribution in [0.15, 0.2) is 53.2 Å². The number of hydrazine groups is 1. The minimum absolute atomic E-state index is 0.0354. The molecule has 0 radical (unpaired) electrons. The van der Waals surface area contributed by atoms with Gasteiger partial charge in [0.25, 0.3) is 0 Å². The molecule has 0 aliphatic heterocycles. The molecule has 0 atom stereocenters. The van der Waals surface area contributed by atoms with Crippen LogP contribution in [0.4, 0.5) is 14.6 Å². The van der Waals surface area contributed by atoms with Crippen molar-refractivity contribution in [1.29, 1.82) is 0 Å². The number of carbonyl (C=O) groups is 1. The Morgan fingerprint density at radius 3 is 2.57 bits per heavy atom. The van der Waals surface area contributed by atoms with Crippen LogP contribution in [0.3, 0.4) is 0 Å². The molecule has 2 heterocycles. The molecular formula is C20H12Cl2F2N4OS. The van der Waals surface area contributed by atoms with Crippen molar-refractivity contribution in [2.45, 2.75) is 0 Å². The molecule has 0 bridgehead atoms. The van der Waals surface area contributed by atoms with Gasteiger partial charge in [-0.1, -0.05) is 29.3 Å². The van der Waals surface area contributed by atoms with Crippen molar-refractivity contribution >= 4 is 46.8 Å². The number of hydrogen-bond acceptors (Lipinski definition) is 4. The van der Waals surface area contributed by atoms with Crippen LogP contribution < -0.4 is 10.9 Å². The number of nitrogens with zero attached hydrogens (tertiary/aromatic N) is 3. The zero-order valence-corrected chi connectivity index (χ0v) is 17.3. The molecule has 30 heavy (non-hydrogen) atoms. The number of amides is 1. The second-order valence-corrected chi connectivity index (χ2v) is 7.76. The second-order valence-electron chi connectivity index (χ2n) is 6.17. The lowest BCUT2D eigenvalue weighted by molar-refractivity contribution is -0.107. The maximum Gasteiger partial charge on any atom is 0.229 e. The molecule has 2 aromatic carbocycles. The summed E-state index contributed by atoms with van der Waals surface area (Å²) in [5, 5.41) is 4.17. The van der Waals surface area contributed by atoms with Crippen LogP contribution in [0.5, 0.6) is 0 Å². The minimum Gasteiger partial charge on any atom is -0.287 e. The lowest BCUT2D eigenvalue weighted by Crippen LogP contribution is -2.29. The molecule has 10 heteroatoms. The normalized spacial score (nSPS) is 11.0. The first kappa shape index (κ1) is 20.5. The van der Waals surface area contributed by atoms with Crippen molar-refractivity contribution in [2.24, 2.45) is 5.84 Å². The van der Waals surface area contributed by atoms with Gasteiger partial charge in [-0.15, -0.1) is 0 Å². The van der Waals surface area contributed by atoms with Crippen LogP contribution >= 0.6 is 34.5 Å². The van der Waals surface area contributed by atoms with E-state index in [1.807, 2.05) is 10.8 Å². The number of carbonyl (C=O) groups excluding carboxylic acids is 1. The van der Waals surface area contributed by atoms with Gasteiger partial charge in [0, 0.05) is 16.5 Å². The summed E-state index contributed by atoms with van der Waals surface area (Å²) in [5.74, 6) is 4.89. The van der Waals surface area contributed by atoms with E-state index in [0.717, 1.165) is 5.01 Å². The van der Waals surface area contributed by atoms with Gasteiger partial charge in [-0.25, -0.2) is 24.6 Å². The van der Waals surface area contributed by atoms with Crippen LogP contribution in [-0.2, 0) is 4.79 Å². The van der Waals surface area contributed by atoms with E-state index >= 15 is 4.39 Å². The van der Waals surface area contributed by atoms with E-state index in [1.54, 1.807) is 12.1 Å². The summed E-state index contributed by atoms with van der Waals surface area (Å²) >= 11 is 13.4. The van der Waals surface area contributed by atoms with Gasteiger partial charge in [0.1, 0.15) is 11.6 Å². The third-order valence-corrected chi connectivity index (χ3v) is 5.63. The van der Waals surface area contributed by atoms with Gasteiger partial charge < -0.3 is 0 Å². The van der Waals surface area contributed by atoms with E-state index in [0.29, 0.717) is 23.4 Å². The highest BCUT2D eigenvalue weighted by Gasteiger charge is 2.26. The number of imidazole rings is 1. The number of rotatable bonds is 5. The fourth-order valence-corrected chi connectivity index (χ4v) is 4.01. The van der Waals surface area contributed by atoms with Crippen LogP contribution in [0.2, 0.25) is 10.0 Å². The van der Waals surface area contributed by atoms with E-state index in [9.17, 15) is 9.18 Å². The summed E-state index contributed by atoms with van der Waals surface area (Å²) in [5.41, 5.74) is 1.37. The lowest BCUT2D eigenvalue weighted by atomic mass is 10.1. The summed E-state index contributed by atoms with van der Waals surface area (Å²) < 4.78 is 30.3. The smallest absolute Gasteiger partial charge is 0.229 e. The molecule has 4 aromatic rings. The number of hydrogen-bond donors (Lipinski definition) is 1. The van der Waals surface area contributed by atoms with Crippen LogP contribution in [0, 0.1) is 11.6 Å². The first-order valence-corrected chi connectivity index (χ1v) is 10.2. The van der Waals surface area contributed by atoms with Crippen LogP contribution in [0.25, 0.3) is 28.3 Å². The second kappa shape index (κ2) is 8.16. The van der Waals surface area contributed by atoms with Crippen molar-refractivity contribution in [1.82, 2.24) is 9.55 Å². The zero-order chi connectivity index (χ0) is 21.4. The fraction of sp³-hybridized carbons (Fsp3) is 0. The highest BCUT2D eigenvalue weighted by Crippen LogP contribution is 2.40. The Bertz CT molecular complexity index is 1240. The molecule has 2 N–H and O–H groups in total. The van der Waals surface area contributed by atoms with Crippen molar-refractivity contribution in [2.75, 3.05) is 5.01 Å². The van der Waals surface area contributed by atoms with E-state index in [2.05, 4.69) is 4.98 Å². The van der Waals surface area contributed by atoms with E-state index in [-0.39, 0.29) is 27.2 Å². The van der Waals surface area contributed by atoms with Gasteiger partial charge in [0.2, 0.25) is 6.41 Å². The molecule has 2 aromatic heterocycles. The maximum atomic E-state index is 15.1. The predicted octanol–water partition coefficient (Wildman–Crippen LogP) is 5.69. The number of halogens is 4. The largest absolute Gasteiger partial charge is 0.287 e. The summed E-state index contributed by atoms with van der Waals surface area (Å²) in [6.07, 6.45) is 0.368. The first-order chi connectivity index (χ1) is 14.4. The zero-order valence-electron chi connectivity index (χ0n) is 15.0. The van der Waals surface area contributed by atoms with Crippen LogP contribution in [-0.4, -0.2) is 16.0 Å². The monoisotopic (exact) mass is 464 g/mol. The topological polar surface area (TPSA) is 64.2 Å². The highest BCUT2D eigenvalue weighted by molar-refractivity contribution is 7.08. The number of thiophene rings is 1. The number of benzene rings is 2. The van der Waals surface area contributed by atoms with E-state index in [1.165, 1.54) is 46.2 Å². The molecule has 152 valence electrons. The Labute approximate surface area is 183 Å².